The number of amides is 2. The summed E-state index contributed by atoms with van der Waals surface area (Å²) in [5.41, 5.74) is -1.29. The maximum atomic E-state index is 14.0. The van der Waals surface area contributed by atoms with Crippen molar-refractivity contribution in [2.75, 3.05) is 29.9 Å². The number of nitrogens with one attached hydrogen (secondary N) is 1. The van der Waals surface area contributed by atoms with E-state index in [2.05, 4.69) is 5.32 Å². The molecule has 1 aromatic carbocycles. The van der Waals surface area contributed by atoms with Gasteiger partial charge >= 0.3 is 6.18 Å². The summed E-state index contributed by atoms with van der Waals surface area (Å²) in [6, 6.07) is 4.02. The number of nitrogens with zero attached hydrogens (tertiary/aromatic N) is 2. The van der Waals surface area contributed by atoms with Crippen LogP contribution in [0.4, 0.5) is 24.5 Å². The Hall–Kier alpha value is -2.29. The molecule has 0 aromatic heterocycles. The minimum Gasteiger partial charge on any atom is -0.393 e. The molecule has 1 spiro atoms. The molecule has 1 aromatic rings. The van der Waals surface area contributed by atoms with E-state index in [-0.39, 0.29) is 47.8 Å². The van der Waals surface area contributed by atoms with Crippen molar-refractivity contribution in [1.82, 2.24) is 4.90 Å². The number of carbonyl (C=O) groups excluding carboxylic acids is 2. The Morgan fingerprint density at radius 3 is 2.50 bits per heavy atom. The average Bonchev–Trinajstić information content (AvgIpc) is 3.09. The molecule has 34 heavy (non-hydrogen) atoms. The van der Waals surface area contributed by atoms with Crippen molar-refractivity contribution in [2.24, 2.45) is 11.3 Å². The molecule has 2 saturated heterocycles. The number of alkyl halides is 3. The molecule has 0 bridgehead atoms. The fraction of sp³-hybridized carbons (Fsp3) is 0.680. The topological polar surface area (TPSA) is 72.9 Å². The summed E-state index contributed by atoms with van der Waals surface area (Å²) in [6.45, 7) is 4.70. The van der Waals surface area contributed by atoms with E-state index in [9.17, 15) is 27.9 Å². The maximum Gasteiger partial charge on any atom is 0.418 e. The van der Waals surface area contributed by atoms with Crippen molar-refractivity contribution in [3.63, 3.8) is 0 Å². The Kier molecular flexibility index (Phi) is 6.86. The normalized spacial score (nSPS) is 28.1. The lowest BCUT2D eigenvalue weighted by atomic mass is 9.78. The highest BCUT2D eigenvalue weighted by atomic mass is 19.4. The molecule has 2 aliphatic heterocycles. The van der Waals surface area contributed by atoms with Crippen molar-refractivity contribution in [2.45, 2.75) is 77.1 Å². The van der Waals surface area contributed by atoms with Crippen LogP contribution in [0.1, 0.15) is 64.4 Å². The number of aliphatic hydroxyl groups excluding tert-OH is 1. The predicted octanol–water partition coefficient (Wildman–Crippen LogP) is 4.42. The van der Waals surface area contributed by atoms with Crippen LogP contribution in [-0.2, 0) is 15.8 Å². The van der Waals surface area contributed by atoms with Crippen LogP contribution in [0.3, 0.4) is 0 Å². The van der Waals surface area contributed by atoms with Crippen molar-refractivity contribution >= 4 is 23.2 Å². The monoisotopic (exact) mass is 481 g/mol. The molecule has 3 aliphatic rings. The number of aliphatic hydroxyl groups is 1. The second-order valence-corrected chi connectivity index (χ2v) is 10.4. The van der Waals surface area contributed by atoms with E-state index in [0.717, 1.165) is 18.9 Å². The lowest BCUT2D eigenvalue weighted by Gasteiger charge is -2.42. The smallest absolute Gasteiger partial charge is 0.393 e. The summed E-state index contributed by atoms with van der Waals surface area (Å²) in [5, 5.41) is 12.3. The van der Waals surface area contributed by atoms with Crippen LogP contribution in [0, 0.1) is 11.3 Å². The minimum absolute atomic E-state index is 0.0490. The number of hydrogen-bond acceptors (Lipinski definition) is 4. The fourth-order valence-corrected chi connectivity index (χ4v) is 5.69. The van der Waals surface area contributed by atoms with Crippen LogP contribution in [0.15, 0.2) is 18.2 Å². The first-order chi connectivity index (χ1) is 16.0. The van der Waals surface area contributed by atoms with Crippen LogP contribution in [-0.4, -0.2) is 53.6 Å². The number of rotatable bonds is 4. The summed E-state index contributed by atoms with van der Waals surface area (Å²) < 4.78 is 42.1. The van der Waals surface area contributed by atoms with Gasteiger partial charge in [-0.25, -0.2) is 0 Å². The summed E-state index contributed by atoms with van der Waals surface area (Å²) in [7, 11) is 0. The Morgan fingerprint density at radius 2 is 1.85 bits per heavy atom. The van der Waals surface area contributed by atoms with Gasteiger partial charge in [-0.15, -0.1) is 0 Å². The van der Waals surface area contributed by atoms with Gasteiger partial charge in [0.15, 0.2) is 0 Å². The Bertz CT molecular complexity index is 928. The van der Waals surface area contributed by atoms with Gasteiger partial charge < -0.3 is 20.2 Å². The van der Waals surface area contributed by atoms with Gasteiger partial charge in [0.25, 0.3) is 0 Å². The van der Waals surface area contributed by atoms with Crippen molar-refractivity contribution < 1.29 is 27.9 Å². The molecule has 1 aliphatic carbocycles. The van der Waals surface area contributed by atoms with Gasteiger partial charge in [0.2, 0.25) is 11.8 Å². The average molecular weight is 482 g/mol. The van der Waals surface area contributed by atoms with Gasteiger partial charge in [-0.2, -0.15) is 13.2 Å². The Labute approximate surface area is 198 Å². The van der Waals surface area contributed by atoms with Crippen molar-refractivity contribution in [3.05, 3.63) is 23.8 Å². The molecule has 1 unspecified atom stereocenters. The van der Waals surface area contributed by atoms with Crippen LogP contribution in [0.2, 0.25) is 0 Å². The summed E-state index contributed by atoms with van der Waals surface area (Å²) >= 11 is 0. The van der Waals surface area contributed by atoms with Crippen LogP contribution >= 0.6 is 0 Å². The van der Waals surface area contributed by atoms with Gasteiger partial charge in [0.1, 0.15) is 0 Å². The molecule has 6 nitrogen and oxygen atoms in total. The maximum absolute atomic E-state index is 14.0. The summed E-state index contributed by atoms with van der Waals surface area (Å²) in [5.74, 6) is -0.641. The molecule has 2 amide bonds. The van der Waals surface area contributed by atoms with E-state index < -0.39 is 17.2 Å². The van der Waals surface area contributed by atoms with E-state index in [1.807, 2.05) is 4.90 Å². The van der Waals surface area contributed by atoms with Crippen LogP contribution < -0.4 is 10.2 Å². The summed E-state index contributed by atoms with van der Waals surface area (Å²) in [4.78, 5) is 29.1. The lowest BCUT2D eigenvalue weighted by molar-refractivity contribution is -0.139. The van der Waals surface area contributed by atoms with Crippen LogP contribution in [0.5, 0.6) is 0 Å². The number of piperidine rings is 1. The standard InChI is InChI=1S/C25H34F3N3O3/c1-16(2)22(33)29-17-4-9-21(20(14-17)25(26,27)28)30-12-3-10-24(15-30)11-13-31(23(24)34)18-5-7-19(32)8-6-18/h4,9,14,16,18-19,32H,3,5-8,10-13,15H2,1-2H3,(H,29,33). The molecule has 4 rings (SSSR count). The van der Waals surface area contributed by atoms with E-state index in [1.165, 1.54) is 12.1 Å². The predicted molar refractivity (Wildman–Crippen MR) is 123 cm³/mol. The third-order valence-corrected chi connectivity index (χ3v) is 7.66. The minimum atomic E-state index is -4.59. The first-order valence-corrected chi connectivity index (χ1v) is 12.3. The molecular formula is C25H34F3N3O3. The number of hydrogen-bond donors (Lipinski definition) is 2. The summed E-state index contributed by atoms with van der Waals surface area (Å²) in [6.07, 6.45) is -0.0159. The number of anilines is 2. The third kappa shape index (κ3) is 4.90. The van der Waals surface area contributed by atoms with E-state index in [4.69, 9.17) is 0 Å². The zero-order valence-corrected chi connectivity index (χ0v) is 19.8. The van der Waals surface area contributed by atoms with Crippen molar-refractivity contribution in [3.8, 4) is 0 Å². The van der Waals surface area contributed by atoms with Gasteiger partial charge in [-0.1, -0.05) is 13.8 Å². The molecule has 2 N–H and O–H groups in total. The highest BCUT2D eigenvalue weighted by Crippen LogP contribution is 2.46. The molecule has 1 saturated carbocycles. The first-order valence-electron chi connectivity index (χ1n) is 12.3. The Balaban J connectivity index is 1.56. The highest BCUT2D eigenvalue weighted by molar-refractivity contribution is 5.92. The molecule has 188 valence electrons. The number of likely N-dealkylation sites (tertiary alicyclic amines) is 1. The highest BCUT2D eigenvalue weighted by Gasteiger charge is 2.51. The lowest BCUT2D eigenvalue weighted by Crippen LogP contribution is -2.50. The van der Waals surface area contributed by atoms with Gasteiger partial charge in [-0.05, 0) is 63.1 Å². The zero-order valence-electron chi connectivity index (χ0n) is 19.8. The molecule has 9 heteroatoms. The van der Waals surface area contributed by atoms with E-state index >= 15 is 0 Å². The zero-order chi connectivity index (χ0) is 24.7. The first kappa shape index (κ1) is 24.8. The third-order valence-electron chi connectivity index (χ3n) is 7.66. The van der Waals surface area contributed by atoms with Gasteiger partial charge in [0, 0.05) is 43.0 Å². The molecule has 2 heterocycles. The molecule has 1 atom stereocenters. The van der Waals surface area contributed by atoms with E-state index in [1.54, 1.807) is 18.7 Å². The fourth-order valence-electron chi connectivity index (χ4n) is 5.69. The van der Waals surface area contributed by atoms with Gasteiger partial charge in [0.05, 0.1) is 17.1 Å². The molecular weight excluding hydrogens is 447 g/mol. The van der Waals surface area contributed by atoms with E-state index in [0.29, 0.717) is 45.2 Å². The number of carbonyl (C=O) groups is 2. The quantitative estimate of drug-likeness (QED) is 0.668. The largest absolute Gasteiger partial charge is 0.418 e. The number of benzene rings is 1. The van der Waals surface area contributed by atoms with Crippen LogP contribution in [0.25, 0.3) is 0 Å². The second kappa shape index (κ2) is 9.40. The van der Waals surface area contributed by atoms with Crippen molar-refractivity contribution in [1.29, 1.82) is 0 Å². The number of halogens is 3. The SMILES string of the molecule is CC(C)C(=O)Nc1ccc(N2CCCC3(CCN(C4CCC(O)CC4)C3=O)C2)c(C(F)(F)F)c1. The molecule has 3 fully saturated rings. The van der Waals surface area contributed by atoms with Gasteiger partial charge in [-0.3, -0.25) is 9.59 Å². The molecule has 0 radical (unpaired) electrons. The Morgan fingerprint density at radius 1 is 1.15 bits per heavy atom. The second-order valence-electron chi connectivity index (χ2n) is 10.4.